The lowest BCUT2D eigenvalue weighted by atomic mass is 10.2. The fraction of sp³-hybridized carbons (Fsp3) is 0.273. The van der Waals surface area contributed by atoms with Gasteiger partial charge in [-0.2, -0.15) is 0 Å². The molecule has 1 unspecified atom stereocenters. The number of nitrogens with zero attached hydrogens (tertiary/aromatic N) is 1. The number of anilines is 1. The predicted molar refractivity (Wildman–Crippen MR) is 60.0 cm³/mol. The van der Waals surface area contributed by atoms with E-state index in [1.165, 1.54) is 17.0 Å². The highest BCUT2D eigenvalue weighted by Gasteiger charge is 2.29. The lowest BCUT2D eigenvalue weighted by Gasteiger charge is -2.17. The molecule has 1 aromatic rings. The normalized spacial score (nSPS) is 19.7. The lowest BCUT2D eigenvalue weighted by molar-refractivity contribution is -0.117. The van der Waals surface area contributed by atoms with E-state index < -0.39 is 5.97 Å². The Kier molecular flexibility index (Phi) is 2.72. The van der Waals surface area contributed by atoms with E-state index in [-0.39, 0.29) is 29.7 Å². The smallest absolute Gasteiger partial charge is 0.335 e. The summed E-state index contributed by atoms with van der Waals surface area (Å²) in [6, 6.07) is 3.62. The minimum absolute atomic E-state index is 0.0257. The zero-order chi connectivity index (χ0) is 12.6. The van der Waals surface area contributed by atoms with Crippen molar-refractivity contribution >= 4 is 17.6 Å². The molecule has 90 valence electrons. The van der Waals surface area contributed by atoms with Crippen LogP contribution in [0.5, 0.6) is 5.75 Å². The van der Waals surface area contributed by atoms with Crippen molar-refractivity contribution in [3.05, 3.63) is 23.8 Å². The maximum absolute atomic E-state index is 11.6. The summed E-state index contributed by atoms with van der Waals surface area (Å²) in [6.07, 6.45) is 0.236. The van der Waals surface area contributed by atoms with Crippen molar-refractivity contribution in [2.45, 2.75) is 12.5 Å². The number of amides is 1. The van der Waals surface area contributed by atoms with Gasteiger partial charge in [0.05, 0.1) is 11.3 Å². The number of carbonyl (C=O) groups is 2. The SMILES string of the molecule is NC1CC(=O)N(c2ccc(C(=O)O)cc2O)C1. The minimum atomic E-state index is -1.13. The molecule has 0 saturated carbocycles. The van der Waals surface area contributed by atoms with E-state index in [0.29, 0.717) is 12.2 Å². The van der Waals surface area contributed by atoms with Gasteiger partial charge in [0, 0.05) is 19.0 Å². The van der Waals surface area contributed by atoms with Gasteiger partial charge in [0.25, 0.3) is 0 Å². The van der Waals surface area contributed by atoms with Gasteiger partial charge in [-0.3, -0.25) is 4.79 Å². The number of carbonyl (C=O) groups excluding carboxylic acids is 1. The van der Waals surface area contributed by atoms with Crippen LogP contribution in [-0.2, 0) is 4.79 Å². The number of hydrogen-bond acceptors (Lipinski definition) is 4. The Hall–Kier alpha value is -2.08. The summed E-state index contributed by atoms with van der Waals surface area (Å²) in [5.41, 5.74) is 5.92. The van der Waals surface area contributed by atoms with Gasteiger partial charge in [-0.25, -0.2) is 4.79 Å². The molecule has 1 saturated heterocycles. The summed E-state index contributed by atoms with van der Waals surface area (Å²) in [6.45, 7) is 0.332. The van der Waals surface area contributed by atoms with E-state index in [1.807, 2.05) is 0 Å². The van der Waals surface area contributed by atoms with Crippen molar-refractivity contribution in [2.75, 3.05) is 11.4 Å². The first kappa shape index (κ1) is 11.4. The van der Waals surface area contributed by atoms with Crippen LogP contribution in [0.3, 0.4) is 0 Å². The van der Waals surface area contributed by atoms with Crippen molar-refractivity contribution in [3.63, 3.8) is 0 Å². The van der Waals surface area contributed by atoms with Crippen LogP contribution in [0.2, 0.25) is 0 Å². The number of nitrogens with two attached hydrogens (primary N) is 1. The van der Waals surface area contributed by atoms with E-state index in [1.54, 1.807) is 0 Å². The highest BCUT2D eigenvalue weighted by Crippen LogP contribution is 2.31. The zero-order valence-corrected chi connectivity index (χ0v) is 8.96. The first-order valence-electron chi connectivity index (χ1n) is 5.11. The molecule has 1 aliphatic rings. The highest BCUT2D eigenvalue weighted by atomic mass is 16.4. The molecule has 6 nitrogen and oxygen atoms in total. The average Bonchev–Trinajstić information content (AvgIpc) is 2.57. The van der Waals surface area contributed by atoms with E-state index >= 15 is 0 Å². The quantitative estimate of drug-likeness (QED) is 0.678. The second-order valence-corrected chi connectivity index (χ2v) is 3.98. The first-order chi connectivity index (χ1) is 7.99. The molecule has 1 heterocycles. The Labute approximate surface area is 97.3 Å². The van der Waals surface area contributed by atoms with Crippen molar-refractivity contribution in [3.8, 4) is 5.75 Å². The number of benzene rings is 1. The topological polar surface area (TPSA) is 104 Å². The number of carboxylic acid groups (broad SMARTS) is 1. The van der Waals surface area contributed by atoms with Crippen LogP contribution in [0, 0.1) is 0 Å². The summed E-state index contributed by atoms with van der Waals surface area (Å²) in [7, 11) is 0. The van der Waals surface area contributed by atoms with Crippen LogP contribution in [0.1, 0.15) is 16.8 Å². The van der Waals surface area contributed by atoms with Crippen molar-refractivity contribution < 1.29 is 19.8 Å². The molecule has 1 atom stereocenters. The van der Waals surface area contributed by atoms with Crippen LogP contribution in [0.15, 0.2) is 18.2 Å². The van der Waals surface area contributed by atoms with Crippen molar-refractivity contribution in [1.29, 1.82) is 0 Å². The minimum Gasteiger partial charge on any atom is -0.506 e. The third kappa shape index (κ3) is 2.07. The summed E-state index contributed by atoms with van der Waals surface area (Å²) < 4.78 is 0. The van der Waals surface area contributed by atoms with E-state index in [9.17, 15) is 14.7 Å². The predicted octanol–water partition coefficient (Wildman–Crippen LogP) is 0.154. The van der Waals surface area contributed by atoms with Gasteiger partial charge in [0.2, 0.25) is 5.91 Å². The van der Waals surface area contributed by atoms with Gasteiger partial charge < -0.3 is 20.8 Å². The average molecular weight is 236 g/mol. The second kappa shape index (κ2) is 4.06. The van der Waals surface area contributed by atoms with Crippen molar-refractivity contribution in [2.24, 2.45) is 5.73 Å². The number of aromatic carboxylic acids is 1. The Morgan fingerprint density at radius 3 is 2.65 bits per heavy atom. The second-order valence-electron chi connectivity index (χ2n) is 3.98. The van der Waals surface area contributed by atoms with Gasteiger partial charge in [-0.15, -0.1) is 0 Å². The first-order valence-corrected chi connectivity index (χ1v) is 5.11. The molecule has 6 heteroatoms. The molecule has 0 bridgehead atoms. The van der Waals surface area contributed by atoms with Crippen LogP contribution in [-0.4, -0.2) is 34.7 Å². The number of hydrogen-bond donors (Lipinski definition) is 3. The monoisotopic (exact) mass is 236 g/mol. The Balaban J connectivity index is 2.34. The summed E-state index contributed by atoms with van der Waals surface area (Å²) in [4.78, 5) is 23.6. The Bertz CT molecular complexity index is 486. The molecule has 1 amide bonds. The number of phenols is 1. The molecule has 4 N–H and O–H groups in total. The standard InChI is InChI=1S/C11H12N2O4/c12-7-4-10(15)13(5-7)8-2-1-6(11(16)17)3-9(8)14/h1-3,7,14H,4-5,12H2,(H,16,17). The van der Waals surface area contributed by atoms with E-state index in [2.05, 4.69) is 0 Å². The summed E-state index contributed by atoms with van der Waals surface area (Å²) >= 11 is 0. The molecular weight excluding hydrogens is 224 g/mol. The molecular formula is C11H12N2O4. The van der Waals surface area contributed by atoms with Crippen LogP contribution >= 0.6 is 0 Å². The molecule has 0 aromatic heterocycles. The van der Waals surface area contributed by atoms with E-state index in [0.717, 1.165) is 6.07 Å². The van der Waals surface area contributed by atoms with Crippen LogP contribution in [0.25, 0.3) is 0 Å². The number of carboxylic acids is 1. The number of phenolic OH excluding ortho intramolecular Hbond substituents is 1. The Morgan fingerprint density at radius 2 is 2.18 bits per heavy atom. The largest absolute Gasteiger partial charge is 0.506 e. The third-order valence-electron chi connectivity index (χ3n) is 2.67. The third-order valence-corrected chi connectivity index (χ3v) is 2.67. The van der Waals surface area contributed by atoms with Crippen molar-refractivity contribution in [1.82, 2.24) is 0 Å². The molecule has 1 fully saturated rings. The number of rotatable bonds is 2. The summed E-state index contributed by atoms with van der Waals surface area (Å²) in [5, 5.41) is 18.5. The maximum atomic E-state index is 11.6. The Morgan fingerprint density at radius 1 is 1.47 bits per heavy atom. The molecule has 0 aliphatic carbocycles. The molecule has 1 aliphatic heterocycles. The van der Waals surface area contributed by atoms with Gasteiger partial charge in [0.15, 0.2) is 0 Å². The van der Waals surface area contributed by atoms with E-state index in [4.69, 9.17) is 10.8 Å². The van der Waals surface area contributed by atoms with Gasteiger partial charge in [-0.1, -0.05) is 0 Å². The van der Waals surface area contributed by atoms with Gasteiger partial charge in [0.1, 0.15) is 5.75 Å². The number of aromatic hydroxyl groups is 1. The molecule has 17 heavy (non-hydrogen) atoms. The summed E-state index contributed by atoms with van der Waals surface area (Å²) in [5.74, 6) is -1.53. The molecule has 1 aromatic carbocycles. The molecule has 0 radical (unpaired) electrons. The zero-order valence-electron chi connectivity index (χ0n) is 8.96. The van der Waals surface area contributed by atoms with Gasteiger partial charge >= 0.3 is 5.97 Å². The molecule has 2 rings (SSSR count). The van der Waals surface area contributed by atoms with Crippen LogP contribution < -0.4 is 10.6 Å². The molecule has 0 spiro atoms. The fourth-order valence-electron chi connectivity index (χ4n) is 1.85. The fourth-order valence-corrected chi connectivity index (χ4v) is 1.85. The van der Waals surface area contributed by atoms with Crippen LogP contribution in [0.4, 0.5) is 5.69 Å². The maximum Gasteiger partial charge on any atom is 0.335 e. The van der Waals surface area contributed by atoms with Gasteiger partial charge in [-0.05, 0) is 18.2 Å². The lowest BCUT2D eigenvalue weighted by Crippen LogP contribution is -2.28. The highest BCUT2D eigenvalue weighted by molar-refractivity contribution is 5.98.